The normalized spacial score (nSPS) is 24.7. The number of carbonyl (C=O) groups is 3. The van der Waals surface area contributed by atoms with E-state index in [4.69, 9.17) is 10.5 Å². The number of nitrogens with zero attached hydrogens (tertiary/aromatic N) is 1. The van der Waals surface area contributed by atoms with Gasteiger partial charge in [0.25, 0.3) is 0 Å². The van der Waals surface area contributed by atoms with Crippen molar-refractivity contribution >= 4 is 29.7 Å². The van der Waals surface area contributed by atoms with Crippen LogP contribution in [0.2, 0.25) is 0 Å². The monoisotopic (exact) mass is 524 g/mol. The van der Waals surface area contributed by atoms with E-state index in [0.29, 0.717) is 30.7 Å². The van der Waals surface area contributed by atoms with Crippen LogP contribution in [0, 0.1) is 11.8 Å². The largest absolute Gasteiger partial charge is 0.449 e. The first kappa shape index (κ1) is 29.1. The predicted molar refractivity (Wildman–Crippen MR) is 145 cm³/mol. The molecule has 0 spiro atoms. The highest BCUT2D eigenvalue weighted by Crippen LogP contribution is 2.40. The number of nitrogens with two attached hydrogens (primary N) is 1. The Balaban J connectivity index is 1.72. The van der Waals surface area contributed by atoms with Gasteiger partial charge in [-0.2, -0.15) is 0 Å². The molecule has 9 heteroatoms. The molecule has 3 amide bonds. The van der Waals surface area contributed by atoms with Crippen molar-refractivity contribution in [3.05, 3.63) is 0 Å². The number of hydrogen-bond acceptors (Lipinski definition) is 6. The molecule has 1 saturated heterocycles. The van der Waals surface area contributed by atoms with Gasteiger partial charge in [0.2, 0.25) is 11.8 Å². The molecule has 0 aromatic heterocycles. The highest BCUT2D eigenvalue weighted by Gasteiger charge is 2.46. The molecule has 2 saturated carbocycles. The SMILES string of the molecule is CC(C)COC(=O)N[C@@H](C(=O)N1C[C@H](N)C[C@H]1C(=O)NCC1CCCCC1)C(C)(C)SC1CCCC1. The number of amides is 3. The Bertz CT molecular complexity index is 750. The van der Waals surface area contributed by atoms with Gasteiger partial charge in [-0.05, 0) is 57.8 Å². The summed E-state index contributed by atoms with van der Waals surface area (Å²) in [6.45, 7) is 9.20. The molecule has 3 aliphatic rings. The van der Waals surface area contributed by atoms with E-state index in [1.165, 1.54) is 32.1 Å². The molecule has 2 aliphatic carbocycles. The molecule has 3 atom stereocenters. The highest BCUT2D eigenvalue weighted by molar-refractivity contribution is 8.01. The van der Waals surface area contributed by atoms with Gasteiger partial charge in [-0.15, -0.1) is 11.8 Å². The van der Waals surface area contributed by atoms with Gasteiger partial charge in [0, 0.05) is 29.1 Å². The maximum Gasteiger partial charge on any atom is 0.407 e. The molecule has 206 valence electrons. The van der Waals surface area contributed by atoms with Gasteiger partial charge in [0.05, 0.1) is 6.61 Å². The third-order valence-corrected chi connectivity index (χ3v) is 9.38. The number of likely N-dealkylation sites (tertiary alicyclic amines) is 1. The van der Waals surface area contributed by atoms with Crippen molar-refractivity contribution in [3.63, 3.8) is 0 Å². The predicted octanol–water partition coefficient (Wildman–Crippen LogP) is 3.82. The van der Waals surface area contributed by atoms with Crippen LogP contribution >= 0.6 is 11.8 Å². The van der Waals surface area contributed by atoms with E-state index in [0.717, 1.165) is 25.7 Å². The summed E-state index contributed by atoms with van der Waals surface area (Å²) in [4.78, 5) is 41.5. The lowest BCUT2D eigenvalue weighted by Gasteiger charge is -2.38. The van der Waals surface area contributed by atoms with Gasteiger partial charge < -0.3 is 26.0 Å². The molecular weight excluding hydrogens is 476 g/mol. The van der Waals surface area contributed by atoms with Gasteiger partial charge in [-0.1, -0.05) is 46.0 Å². The summed E-state index contributed by atoms with van der Waals surface area (Å²) in [7, 11) is 0. The number of alkyl carbamates (subject to hydrolysis) is 1. The topological polar surface area (TPSA) is 114 Å². The third kappa shape index (κ3) is 8.27. The lowest BCUT2D eigenvalue weighted by atomic mass is 9.89. The van der Waals surface area contributed by atoms with Crippen LogP contribution in [0.1, 0.15) is 91.9 Å². The Kier molecular flexibility index (Phi) is 10.8. The lowest BCUT2D eigenvalue weighted by molar-refractivity contribution is -0.140. The first-order chi connectivity index (χ1) is 17.1. The fraction of sp³-hybridized carbons (Fsp3) is 0.889. The molecule has 8 nitrogen and oxygen atoms in total. The molecule has 0 radical (unpaired) electrons. The van der Waals surface area contributed by atoms with Crippen LogP contribution in [-0.4, -0.2) is 70.6 Å². The second-order valence-corrected chi connectivity index (χ2v) is 13.9. The minimum absolute atomic E-state index is 0.135. The average molecular weight is 525 g/mol. The van der Waals surface area contributed by atoms with Crippen molar-refractivity contribution in [2.75, 3.05) is 19.7 Å². The van der Waals surface area contributed by atoms with Crippen molar-refractivity contribution in [2.45, 2.75) is 120 Å². The van der Waals surface area contributed by atoms with Crippen LogP contribution < -0.4 is 16.4 Å². The lowest BCUT2D eigenvalue weighted by Crippen LogP contribution is -2.60. The van der Waals surface area contributed by atoms with E-state index in [9.17, 15) is 14.4 Å². The van der Waals surface area contributed by atoms with Gasteiger partial charge in [0.15, 0.2) is 0 Å². The molecule has 0 unspecified atom stereocenters. The maximum absolute atomic E-state index is 14.0. The zero-order valence-electron chi connectivity index (χ0n) is 22.7. The first-order valence-electron chi connectivity index (χ1n) is 14.0. The fourth-order valence-corrected chi connectivity index (χ4v) is 7.44. The second kappa shape index (κ2) is 13.4. The third-order valence-electron chi connectivity index (χ3n) is 7.73. The summed E-state index contributed by atoms with van der Waals surface area (Å²) in [6.07, 6.45) is 10.5. The van der Waals surface area contributed by atoms with Crippen molar-refractivity contribution in [1.82, 2.24) is 15.5 Å². The van der Waals surface area contributed by atoms with E-state index in [-0.39, 0.29) is 30.4 Å². The smallest absolute Gasteiger partial charge is 0.407 e. The standard InChI is InChI=1S/C27H48N4O4S/c1-18(2)17-35-26(34)30-23(27(3,4)36-21-12-8-9-13-21)25(33)31-16-20(28)14-22(31)24(32)29-15-19-10-6-5-7-11-19/h18-23H,5-17,28H2,1-4H3,(H,29,32)(H,30,34)/t20-,22+,23+/m1/s1. The average Bonchev–Trinajstić information content (AvgIpc) is 3.48. The molecule has 0 bridgehead atoms. The summed E-state index contributed by atoms with van der Waals surface area (Å²) < 4.78 is 4.81. The minimum Gasteiger partial charge on any atom is -0.449 e. The van der Waals surface area contributed by atoms with Gasteiger partial charge in [-0.25, -0.2) is 4.79 Å². The van der Waals surface area contributed by atoms with Crippen molar-refractivity contribution < 1.29 is 19.1 Å². The minimum atomic E-state index is -0.818. The maximum atomic E-state index is 14.0. The van der Waals surface area contributed by atoms with Crippen molar-refractivity contribution in [2.24, 2.45) is 17.6 Å². The summed E-state index contributed by atoms with van der Waals surface area (Å²) in [5, 5.41) is 6.44. The summed E-state index contributed by atoms with van der Waals surface area (Å²) in [5.74, 6) is 0.315. The number of nitrogens with one attached hydrogen (secondary N) is 2. The summed E-state index contributed by atoms with van der Waals surface area (Å²) in [6, 6.07) is -1.69. The van der Waals surface area contributed by atoms with Gasteiger partial charge >= 0.3 is 6.09 Å². The summed E-state index contributed by atoms with van der Waals surface area (Å²) in [5.41, 5.74) is 6.26. The van der Waals surface area contributed by atoms with Crippen LogP contribution in [0.4, 0.5) is 4.79 Å². The van der Waals surface area contributed by atoms with Crippen LogP contribution in [-0.2, 0) is 14.3 Å². The molecular formula is C27H48N4O4S. The molecule has 0 aromatic carbocycles. The van der Waals surface area contributed by atoms with E-state index in [2.05, 4.69) is 10.6 Å². The number of thioether (sulfide) groups is 1. The quantitative estimate of drug-likeness (QED) is 0.400. The highest BCUT2D eigenvalue weighted by atomic mass is 32.2. The Morgan fingerprint density at radius 2 is 1.69 bits per heavy atom. The van der Waals surface area contributed by atoms with Crippen LogP contribution in [0.25, 0.3) is 0 Å². The Labute approximate surface area is 221 Å². The molecule has 1 aliphatic heterocycles. The number of carbonyl (C=O) groups excluding carboxylic acids is 3. The van der Waals surface area contributed by atoms with Crippen molar-refractivity contribution in [1.29, 1.82) is 0 Å². The second-order valence-electron chi connectivity index (χ2n) is 11.9. The zero-order valence-corrected chi connectivity index (χ0v) is 23.5. The molecule has 1 heterocycles. The molecule has 3 fully saturated rings. The van der Waals surface area contributed by atoms with Crippen LogP contribution in [0.15, 0.2) is 0 Å². The number of hydrogen-bond donors (Lipinski definition) is 3. The van der Waals surface area contributed by atoms with Crippen LogP contribution in [0.5, 0.6) is 0 Å². The molecule has 0 aromatic rings. The molecule has 36 heavy (non-hydrogen) atoms. The van der Waals surface area contributed by atoms with Crippen molar-refractivity contribution in [3.8, 4) is 0 Å². The number of rotatable bonds is 10. The van der Waals surface area contributed by atoms with E-state index >= 15 is 0 Å². The van der Waals surface area contributed by atoms with E-state index < -0.39 is 22.9 Å². The Morgan fingerprint density at radius 1 is 1.06 bits per heavy atom. The molecule has 3 rings (SSSR count). The Morgan fingerprint density at radius 3 is 2.33 bits per heavy atom. The summed E-state index contributed by atoms with van der Waals surface area (Å²) >= 11 is 1.76. The van der Waals surface area contributed by atoms with Gasteiger partial charge in [-0.3, -0.25) is 9.59 Å². The van der Waals surface area contributed by atoms with E-state index in [1.54, 1.807) is 16.7 Å². The number of ether oxygens (including phenoxy) is 1. The zero-order chi connectivity index (χ0) is 26.3. The molecule has 4 N–H and O–H groups in total. The first-order valence-corrected chi connectivity index (χ1v) is 14.9. The van der Waals surface area contributed by atoms with Gasteiger partial charge in [0.1, 0.15) is 12.1 Å². The Hall–Kier alpha value is -1.48. The van der Waals surface area contributed by atoms with E-state index in [1.807, 2.05) is 27.7 Å². The van der Waals surface area contributed by atoms with Crippen LogP contribution in [0.3, 0.4) is 0 Å². The fourth-order valence-electron chi connectivity index (χ4n) is 5.72.